The largest absolute Gasteiger partial charge is 0.457 e. The van der Waals surface area contributed by atoms with Gasteiger partial charge in [-0.3, -0.25) is 9.59 Å². The molecule has 0 saturated carbocycles. The summed E-state index contributed by atoms with van der Waals surface area (Å²) in [4.78, 5) is 21.3. The van der Waals surface area contributed by atoms with Gasteiger partial charge < -0.3 is 10.5 Å². The minimum atomic E-state index is -0.485. The zero-order valence-corrected chi connectivity index (χ0v) is 27.9. The van der Waals surface area contributed by atoms with Crippen LogP contribution in [0.2, 0.25) is 0 Å². The Labute approximate surface area is 260 Å². The van der Waals surface area contributed by atoms with Gasteiger partial charge in [-0.2, -0.15) is 0 Å². The number of amides is 1. The topological polar surface area (TPSA) is 69.4 Å². The lowest BCUT2D eigenvalue weighted by molar-refractivity contribution is -0.112. The Morgan fingerprint density at radius 2 is 1.35 bits per heavy atom. The van der Waals surface area contributed by atoms with E-state index in [-0.39, 0.29) is 11.6 Å². The molecule has 0 unspecified atom stereocenters. The number of aryl methyl sites for hydroxylation is 3. The third-order valence-electron chi connectivity index (χ3n) is 7.09. The maximum absolute atomic E-state index is 12.2. The van der Waals surface area contributed by atoms with E-state index in [0.717, 1.165) is 16.7 Å². The summed E-state index contributed by atoms with van der Waals surface area (Å²) >= 11 is 0. The van der Waals surface area contributed by atoms with Gasteiger partial charge in [-0.05, 0) is 101 Å². The summed E-state index contributed by atoms with van der Waals surface area (Å²) < 4.78 is 17.8. The molecule has 0 atom stereocenters. The number of primary amides is 1. The van der Waals surface area contributed by atoms with Crippen LogP contribution in [-0.4, -0.2) is 11.7 Å². The van der Waals surface area contributed by atoms with Crippen LogP contribution in [0.1, 0.15) is 107 Å². The molecule has 3 aromatic rings. The number of benzene rings is 3. The number of ketones is 1. The fraction of sp³-hybridized carbons (Fsp3) is 0.421. The van der Waals surface area contributed by atoms with Crippen LogP contribution < -0.4 is 10.5 Å². The first-order valence-corrected chi connectivity index (χ1v) is 15.4. The summed E-state index contributed by atoms with van der Waals surface area (Å²) in [6, 6.07) is 19.5. The van der Waals surface area contributed by atoms with Gasteiger partial charge >= 0.3 is 0 Å². The van der Waals surface area contributed by atoms with E-state index in [0.29, 0.717) is 22.5 Å². The van der Waals surface area contributed by atoms with Gasteiger partial charge in [-0.25, -0.2) is 4.39 Å². The predicted molar refractivity (Wildman–Crippen MR) is 180 cm³/mol. The van der Waals surface area contributed by atoms with E-state index in [9.17, 15) is 14.0 Å². The van der Waals surface area contributed by atoms with Gasteiger partial charge in [-0.15, -0.1) is 0 Å². The van der Waals surface area contributed by atoms with Crippen molar-refractivity contribution in [3.8, 4) is 11.5 Å². The number of hydrogen-bond donors (Lipinski definition) is 1. The molecule has 3 aromatic carbocycles. The molecule has 0 saturated heterocycles. The molecule has 0 aliphatic heterocycles. The summed E-state index contributed by atoms with van der Waals surface area (Å²) in [5.74, 6) is 0.632. The monoisotopic (exact) mass is 591 g/mol. The first-order chi connectivity index (χ1) is 20.4. The van der Waals surface area contributed by atoms with Gasteiger partial charge in [0.2, 0.25) is 0 Å². The van der Waals surface area contributed by atoms with Gasteiger partial charge in [0.25, 0.3) is 5.91 Å². The van der Waals surface area contributed by atoms with Crippen molar-refractivity contribution in [1.29, 1.82) is 0 Å². The summed E-state index contributed by atoms with van der Waals surface area (Å²) in [5, 5.41) is 0. The number of halogens is 1. The Bertz CT molecular complexity index is 1220. The normalized spacial score (nSPS) is 10.4. The minimum absolute atomic E-state index is 0.109. The molecule has 2 N–H and O–H groups in total. The molecule has 1 amide bonds. The summed E-state index contributed by atoms with van der Waals surface area (Å²) in [6.45, 7) is 18.4. The number of rotatable bonds is 10. The van der Waals surface area contributed by atoms with Gasteiger partial charge in [0.15, 0.2) is 5.78 Å². The van der Waals surface area contributed by atoms with Crippen molar-refractivity contribution >= 4 is 11.7 Å². The molecule has 0 spiro atoms. The SMILES string of the molecule is C/C=C/C(C)=O.CCCC(CC)(CC)CCC.Cc1ccc(Oc2ccc(C)cc2C(N)=O)cc1.Cc1cccc(F)c1. The zero-order chi connectivity index (χ0) is 32.8. The van der Waals surface area contributed by atoms with Crippen LogP contribution in [-0.2, 0) is 4.79 Å². The lowest BCUT2D eigenvalue weighted by Crippen LogP contribution is -2.17. The maximum atomic E-state index is 12.2. The highest BCUT2D eigenvalue weighted by Crippen LogP contribution is 2.36. The molecular weight excluding hydrogens is 537 g/mol. The predicted octanol–water partition coefficient (Wildman–Crippen LogP) is 10.9. The van der Waals surface area contributed by atoms with Crippen molar-refractivity contribution in [3.63, 3.8) is 0 Å². The van der Waals surface area contributed by atoms with Crippen LogP contribution >= 0.6 is 0 Å². The molecule has 3 rings (SSSR count). The van der Waals surface area contributed by atoms with Gasteiger partial charge in [0.1, 0.15) is 17.3 Å². The molecule has 236 valence electrons. The first-order valence-electron chi connectivity index (χ1n) is 15.4. The molecule has 4 nitrogen and oxygen atoms in total. The van der Waals surface area contributed by atoms with E-state index in [2.05, 4.69) is 27.7 Å². The lowest BCUT2D eigenvalue weighted by Gasteiger charge is -2.31. The van der Waals surface area contributed by atoms with Crippen molar-refractivity contribution in [3.05, 3.63) is 107 Å². The molecule has 0 fully saturated rings. The van der Waals surface area contributed by atoms with Crippen LogP contribution in [0.4, 0.5) is 4.39 Å². The van der Waals surface area contributed by atoms with Crippen molar-refractivity contribution < 1.29 is 18.7 Å². The average molecular weight is 592 g/mol. The molecule has 0 heterocycles. The number of carbonyl (C=O) groups is 2. The van der Waals surface area contributed by atoms with Crippen LogP contribution in [0.25, 0.3) is 0 Å². The standard InChI is InChI=1S/C15H15NO2.C11H24.C7H7F.C5H8O/c1-10-3-6-12(7-4-10)18-14-8-5-11(2)9-13(14)15(16)17;1-5-9-11(7-3,8-4)10-6-2;1-6-3-2-4-7(8)5-6;1-3-4-5(2)6/h3-9H,1-2H3,(H2,16,17);5-10H2,1-4H3;2-5H,1H3;3-4H,1-2H3/b;;;4-3+. The fourth-order valence-corrected chi connectivity index (χ4v) is 4.64. The van der Waals surface area contributed by atoms with E-state index in [1.807, 2.05) is 64.1 Å². The smallest absolute Gasteiger partial charge is 0.252 e. The Morgan fingerprint density at radius 3 is 1.72 bits per heavy atom. The molecule has 0 aromatic heterocycles. The third-order valence-corrected chi connectivity index (χ3v) is 7.09. The van der Waals surface area contributed by atoms with E-state index >= 15 is 0 Å². The number of allylic oxidation sites excluding steroid dienone is 2. The highest BCUT2D eigenvalue weighted by atomic mass is 19.1. The molecule has 0 bridgehead atoms. The summed E-state index contributed by atoms with van der Waals surface area (Å²) in [7, 11) is 0. The van der Waals surface area contributed by atoms with Crippen LogP contribution in [0.3, 0.4) is 0 Å². The molecule has 0 radical (unpaired) electrons. The summed E-state index contributed by atoms with van der Waals surface area (Å²) in [6.07, 6.45) is 11.5. The molecule has 0 aliphatic rings. The quantitative estimate of drug-likeness (QED) is 0.238. The van der Waals surface area contributed by atoms with Crippen LogP contribution in [0, 0.1) is 32.0 Å². The summed E-state index contributed by atoms with van der Waals surface area (Å²) in [5.41, 5.74) is 9.51. The highest BCUT2D eigenvalue weighted by Gasteiger charge is 2.23. The van der Waals surface area contributed by atoms with E-state index in [1.54, 1.807) is 24.3 Å². The molecule has 0 aliphatic carbocycles. The lowest BCUT2D eigenvalue weighted by atomic mass is 9.75. The zero-order valence-electron chi connectivity index (χ0n) is 27.9. The van der Waals surface area contributed by atoms with Crippen molar-refractivity contribution in [2.24, 2.45) is 11.1 Å². The second kappa shape index (κ2) is 21.9. The van der Waals surface area contributed by atoms with Crippen molar-refractivity contribution in [2.75, 3.05) is 0 Å². The Kier molecular flexibility index (Phi) is 20.0. The third kappa shape index (κ3) is 17.1. The second-order valence-corrected chi connectivity index (χ2v) is 10.9. The first kappa shape index (κ1) is 39.3. The molecule has 5 heteroatoms. The van der Waals surface area contributed by atoms with Crippen LogP contribution in [0.15, 0.2) is 78.9 Å². The van der Waals surface area contributed by atoms with Gasteiger partial charge in [0, 0.05) is 0 Å². The average Bonchev–Trinajstić information content (AvgIpc) is 2.96. The Morgan fingerprint density at radius 1 is 0.814 bits per heavy atom. The maximum Gasteiger partial charge on any atom is 0.252 e. The van der Waals surface area contributed by atoms with Crippen molar-refractivity contribution in [2.45, 2.75) is 101 Å². The molecule has 43 heavy (non-hydrogen) atoms. The number of nitrogens with two attached hydrogens (primary N) is 1. The van der Waals surface area contributed by atoms with Gasteiger partial charge in [-0.1, -0.05) is 101 Å². The van der Waals surface area contributed by atoms with Crippen LogP contribution in [0.5, 0.6) is 11.5 Å². The van der Waals surface area contributed by atoms with E-state index in [1.165, 1.54) is 63.7 Å². The number of ether oxygens (including phenoxy) is 1. The Balaban J connectivity index is 0.000000603. The number of hydrogen-bond acceptors (Lipinski definition) is 3. The second-order valence-electron chi connectivity index (χ2n) is 10.9. The van der Waals surface area contributed by atoms with E-state index < -0.39 is 5.91 Å². The Hall–Kier alpha value is -3.73. The van der Waals surface area contributed by atoms with Crippen molar-refractivity contribution in [1.82, 2.24) is 0 Å². The minimum Gasteiger partial charge on any atom is -0.457 e. The fourth-order valence-electron chi connectivity index (χ4n) is 4.64. The molecular formula is C38H54FNO3. The van der Waals surface area contributed by atoms with Gasteiger partial charge in [0.05, 0.1) is 5.56 Å². The van der Waals surface area contributed by atoms with E-state index in [4.69, 9.17) is 10.5 Å². The highest BCUT2D eigenvalue weighted by molar-refractivity contribution is 5.96. The number of carbonyl (C=O) groups excluding carboxylic acids is 2.